The number of carbonyl (C=O) groups is 1. The molecule has 0 spiro atoms. The van der Waals surface area contributed by atoms with E-state index in [-0.39, 0.29) is 12.3 Å². The lowest BCUT2D eigenvalue weighted by Gasteiger charge is -2.09. The number of hydrogen-bond donors (Lipinski definition) is 1. The van der Waals surface area contributed by atoms with Crippen LogP contribution in [0.25, 0.3) is 11.0 Å². The lowest BCUT2D eigenvalue weighted by atomic mass is 10.1. The van der Waals surface area contributed by atoms with Crippen LogP contribution in [0.5, 0.6) is 11.5 Å². The number of methoxy groups -OCH3 is 2. The Kier molecular flexibility index (Phi) is 4.93. The van der Waals surface area contributed by atoms with Gasteiger partial charge in [-0.05, 0) is 30.3 Å². The predicted octanol–water partition coefficient (Wildman–Crippen LogP) is 2.60. The van der Waals surface area contributed by atoms with Crippen LogP contribution in [0.4, 0.5) is 5.95 Å². The van der Waals surface area contributed by atoms with Crippen molar-refractivity contribution < 1.29 is 18.8 Å². The molecule has 0 atom stereocenters. The van der Waals surface area contributed by atoms with E-state index in [0.717, 1.165) is 11.0 Å². The third kappa shape index (κ3) is 3.01. The fourth-order valence-electron chi connectivity index (χ4n) is 3.04. The molecule has 0 saturated heterocycles. The number of fused-ring (bicyclic) bond motifs is 1. The standard InChI is InChI=1S/C20H21N3O3/c1-4-11-22-15-7-5-6-8-16(15)23(20(22)21)13-17(24)14-9-10-18(25-2)19(12-14)26-3/h4-10,12,21H,1,11,13H2,2-3H3/p+1. The number of rotatable bonds is 7. The first kappa shape index (κ1) is 17.5. The Morgan fingerprint density at radius 3 is 2.62 bits per heavy atom. The number of nitrogens with zero attached hydrogens (tertiary/aromatic N) is 2. The van der Waals surface area contributed by atoms with Crippen molar-refractivity contribution in [1.29, 1.82) is 0 Å². The normalized spacial score (nSPS) is 10.7. The molecule has 1 aromatic heterocycles. The van der Waals surface area contributed by atoms with Crippen molar-refractivity contribution in [3.05, 3.63) is 60.7 Å². The minimum Gasteiger partial charge on any atom is -0.493 e. The molecule has 2 aromatic carbocycles. The van der Waals surface area contributed by atoms with Crippen molar-refractivity contribution in [2.24, 2.45) is 0 Å². The number of imidazole rings is 1. The molecule has 0 aliphatic carbocycles. The van der Waals surface area contributed by atoms with Gasteiger partial charge in [-0.1, -0.05) is 24.8 Å². The number of ketones is 1. The van der Waals surface area contributed by atoms with Crippen molar-refractivity contribution in [2.75, 3.05) is 20.0 Å². The van der Waals surface area contributed by atoms with Gasteiger partial charge in [-0.25, -0.2) is 9.13 Å². The van der Waals surface area contributed by atoms with Crippen LogP contribution in [0, 0.1) is 0 Å². The molecule has 0 aliphatic rings. The largest absolute Gasteiger partial charge is 0.493 e. The molecule has 0 radical (unpaired) electrons. The van der Waals surface area contributed by atoms with Crippen LogP contribution in [0.3, 0.4) is 0 Å². The third-order valence-corrected chi connectivity index (χ3v) is 4.34. The lowest BCUT2D eigenvalue weighted by molar-refractivity contribution is -0.642. The summed E-state index contributed by atoms with van der Waals surface area (Å²) in [6.07, 6.45) is 1.78. The first-order valence-electron chi connectivity index (χ1n) is 8.23. The second-order valence-corrected chi connectivity index (χ2v) is 5.83. The van der Waals surface area contributed by atoms with Crippen LogP contribution in [0.15, 0.2) is 55.1 Å². The molecular formula is C20H22N3O3+. The monoisotopic (exact) mass is 352 g/mol. The maximum atomic E-state index is 12.8. The molecule has 6 heteroatoms. The smallest absolute Gasteiger partial charge is 0.356 e. The highest BCUT2D eigenvalue weighted by molar-refractivity contribution is 5.96. The van der Waals surface area contributed by atoms with E-state index in [4.69, 9.17) is 15.2 Å². The molecule has 0 unspecified atom stereocenters. The molecule has 0 amide bonds. The Bertz CT molecular complexity index is 976. The molecule has 0 saturated carbocycles. The maximum absolute atomic E-state index is 12.8. The molecule has 0 bridgehead atoms. The van der Waals surface area contributed by atoms with E-state index in [1.54, 1.807) is 38.5 Å². The van der Waals surface area contributed by atoms with Crippen LogP contribution in [0.1, 0.15) is 10.4 Å². The fraction of sp³-hybridized carbons (Fsp3) is 0.200. The zero-order chi connectivity index (χ0) is 18.7. The Hall–Kier alpha value is -3.28. The number of ether oxygens (including phenoxy) is 2. The zero-order valence-corrected chi connectivity index (χ0v) is 14.9. The van der Waals surface area contributed by atoms with Crippen LogP contribution >= 0.6 is 0 Å². The first-order chi connectivity index (χ1) is 12.6. The molecule has 26 heavy (non-hydrogen) atoms. The van der Waals surface area contributed by atoms with E-state index >= 15 is 0 Å². The van der Waals surface area contributed by atoms with Crippen LogP contribution in [-0.4, -0.2) is 24.6 Å². The molecule has 2 N–H and O–H groups in total. The van der Waals surface area contributed by atoms with Gasteiger partial charge < -0.3 is 9.47 Å². The van der Waals surface area contributed by atoms with Gasteiger partial charge in [0.25, 0.3) is 0 Å². The average molecular weight is 352 g/mol. The summed E-state index contributed by atoms with van der Waals surface area (Å²) in [6.45, 7) is 4.48. The summed E-state index contributed by atoms with van der Waals surface area (Å²) < 4.78 is 14.3. The fourth-order valence-corrected chi connectivity index (χ4v) is 3.04. The number of para-hydroxylation sites is 2. The number of hydrogen-bond acceptors (Lipinski definition) is 4. The van der Waals surface area contributed by atoms with Gasteiger partial charge in [0.05, 0.1) is 20.8 Å². The van der Waals surface area contributed by atoms with Crippen molar-refractivity contribution in [3.63, 3.8) is 0 Å². The van der Waals surface area contributed by atoms with Crippen LogP contribution in [0.2, 0.25) is 0 Å². The summed E-state index contributed by atoms with van der Waals surface area (Å²) in [6, 6.07) is 12.9. The Labute approximate surface area is 152 Å². The highest BCUT2D eigenvalue weighted by atomic mass is 16.5. The number of nitrogen functional groups attached to an aromatic ring is 1. The molecule has 6 nitrogen and oxygen atoms in total. The number of benzene rings is 2. The number of anilines is 1. The van der Waals surface area contributed by atoms with Crippen LogP contribution in [-0.2, 0) is 13.1 Å². The summed E-state index contributed by atoms with van der Waals surface area (Å²) >= 11 is 0. The number of Topliss-reactive ketones (excluding diaryl/α,β-unsaturated/α-hetero) is 1. The highest BCUT2D eigenvalue weighted by Gasteiger charge is 2.23. The third-order valence-electron chi connectivity index (χ3n) is 4.34. The van der Waals surface area contributed by atoms with Gasteiger partial charge in [-0.2, -0.15) is 0 Å². The van der Waals surface area contributed by atoms with E-state index in [1.165, 1.54) is 0 Å². The zero-order valence-electron chi connectivity index (χ0n) is 14.9. The number of allylic oxidation sites excluding steroid dienone is 1. The van der Waals surface area contributed by atoms with Gasteiger partial charge in [-0.15, -0.1) is 0 Å². The average Bonchev–Trinajstić information content (AvgIpc) is 2.93. The quantitative estimate of drug-likeness (QED) is 0.403. The Morgan fingerprint density at radius 2 is 1.92 bits per heavy atom. The SMILES string of the molecule is C=CCn1c(N)[n+](CC(=O)c2ccc(OC)c(OC)c2)c2ccccc21. The highest BCUT2D eigenvalue weighted by Crippen LogP contribution is 2.27. The van der Waals surface area contributed by atoms with Crippen molar-refractivity contribution in [1.82, 2.24) is 4.57 Å². The topological polar surface area (TPSA) is 70.4 Å². The van der Waals surface area contributed by atoms with Crippen LogP contribution < -0.4 is 19.8 Å². The predicted molar refractivity (Wildman–Crippen MR) is 101 cm³/mol. The maximum Gasteiger partial charge on any atom is 0.356 e. The second-order valence-electron chi connectivity index (χ2n) is 5.83. The van der Waals surface area contributed by atoms with E-state index in [0.29, 0.717) is 29.6 Å². The van der Waals surface area contributed by atoms with E-state index < -0.39 is 0 Å². The van der Waals surface area contributed by atoms with Crippen molar-refractivity contribution >= 4 is 22.8 Å². The summed E-state index contributed by atoms with van der Waals surface area (Å²) in [5.41, 5.74) is 8.72. The minimum atomic E-state index is -0.0656. The van der Waals surface area contributed by atoms with Crippen molar-refractivity contribution in [3.8, 4) is 11.5 Å². The second kappa shape index (κ2) is 7.31. The molecule has 0 aliphatic heterocycles. The van der Waals surface area contributed by atoms with Gasteiger partial charge in [-0.3, -0.25) is 10.5 Å². The van der Waals surface area contributed by atoms with E-state index in [2.05, 4.69) is 6.58 Å². The molecule has 3 aromatic rings. The van der Waals surface area contributed by atoms with Gasteiger partial charge in [0, 0.05) is 5.56 Å². The van der Waals surface area contributed by atoms with Gasteiger partial charge in [0.15, 0.2) is 17.3 Å². The summed E-state index contributed by atoms with van der Waals surface area (Å²) in [4.78, 5) is 12.8. The van der Waals surface area contributed by atoms with Gasteiger partial charge in [0.1, 0.15) is 17.6 Å². The number of nitrogens with two attached hydrogens (primary N) is 1. The number of aromatic nitrogens is 2. The molecular weight excluding hydrogens is 330 g/mol. The van der Waals surface area contributed by atoms with Gasteiger partial charge >= 0.3 is 5.95 Å². The molecule has 0 fully saturated rings. The Balaban J connectivity index is 2.00. The molecule has 1 heterocycles. The summed E-state index contributed by atoms with van der Waals surface area (Å²) in [5.74, 6) is 1.55. The summed E-state index contributed by atoms with van der Waals surface area (Å²) in [7, 11) is 3.10. The van der Waals surface area contributed by atoms with Gasteiger partial charge in [0.2, 0.25) is 0 Å². The first-order valence-corrected chi connectivity index (χ1v) is 8.23. The van der Waals surface area contributed by atoms with E-state index in [9.17, 15) is 4.79 Å². The molecule has 3 rings (SSSR count). The van der Waals surface area contributed by atoms with E-state index in [1.807, 2.05) is 33.4 Å². The number of carbonyl (C=O) groups excluding carboxylic acids is 1. The minimum absolute atomic E-state index is 0.0656. The summed E-state index contributed by atoms with van der Waals surface area (Å²) in [5, 5.41) is 0. The molecule has 134 valence electrons. The lowest BCUT2D eigenvalue weighted by Crippen LogP contribution is -2.40. The van der Waals surface area contributed by atoms with Crippen molar-refractivity contribution in [2.45, 2.75) is 13.1 Å². The Morgan fingerprint density at radius 1 is 1.19 bits per heavy atom.